The molecule has 0 radical (unpaired) electrons. The first-order valence-electron chi connectivity index (χ1n) is 6.27. The van der Waals surface area contributed by atoms with E-state index in [1.807, 2.05) is 6.07 Å². The lowest BCUT2D eigenvalue weighted by molar-refractivity contribution is 0.247. The van der Waals surface area contributed by atoms with Crippen LogP contribution in [0.15, 0.2) is 18.2 Å². The number of hydrogen-bond acceptors (Lipinski definition) is 3. The highest BCUT2D eigenvalue weighted by Crippen LogP contribution is 2.28. The Labute approximate surface area is 107 Å². The van der Waals surface area contributed by atoms with Crippen LogP contribution in [-0.4, -0.2) is 19.6 Å². The van der Waals surface area contributed by atoms with Crippen molar-refractivity contribution in [3.05, 3.63) is 29.6 Å². The van der Waals surface area contributed by atoms with Gasteiger partial charge in [0, 0.05) is 12.2 Å². The van der Waals surface area contributed by atoms with Crippen LogP contribution in [0.4, 0.5) is 10.1 Å². The van der Waals surface area contributed by atoms with Gasteiger partial charge in [-0.15, -0.1) is 0 Å². The van der Waals surface area contributed by atoms with Gasteiger partial charge in [-0.2, -0.15) is 5.26 Å². The highest BCUT2D eigenvalue weighted by molar-refractivity contribution is 5.49. The fraction of sp³-hybridized carbons (Fsp3) is 0.500. The Kier molecular flexibility index (Phi) is 3.83. The summed E-state index contributed by atoms with van der Waals surface area (Å²) in [6, 6.07) is 6.34. The molecule has 0 aliphatic carbocycles. The van der Waals surface area contributed by atoms with Crippen molar-refractivity contribution in [2.24, 2.45) is 5.41 Å². The van der Waals surface area contributed by atoms with E-state index in [0.717, 1.165) is 32.5 Å². The van der Waals surface area contributed by atoms with E-state index in [0.29, 0.717) is 11.3 Å². The van der Waals surface area contributed by atoms with Crippen LogP contribution in [0.1, 0.15) is 25.3 Å². The zero-order chi connectivity index (χ0) is 13.0. The number of nitriles is 1. The molecular formula is C14H18FN3. The minimum absolute atomic E-state index is 0.240. The molecule has 0 spiro atoms. The monoisotopic (exact) mass is 247 g/mol. The largest absolute Gasteiger partial charge is 0.384 e. The van der Waals surface area contributed by atoms with Gasteiger partial charge in [-0.25, -0.2) is 4.39 Å². The average molecular weight is 247 g/mol. The minimum Gasteiger partial charge on any atom is -0.384 e. The zero-order valence-electron chi connectivity index (χ0n) is 10.6. The third kappa shape index (κ3) is 3.21. The Morgan fingerprint density at radius 2 is 2.11 bits per heavy atom. The van der Waals surface area contributed by atoms with Crippen LogP contribution >= 0.6 is 0 Å². The van der Waals surface area contributed by atoms with Gasteiger partial charge in [0.1, 0.15) is 5.82 Å². The Hall–Kier alpha value is -1.60. The van der Waals surface area contributed by atoms with Crippen molar-refractivity contribution in [1.29, 1.82) is 5.26 Å². The Bertz CT molecular complexity index is 459. The smallest absolute Gasteiger partial charge is 0.126 e. The van der Waals surface area contributed by atoms with Crippen LogP contribution in [0.25, 0.3) is 0 Å². The first-order valence-corrected chi connectivity index (χ1v) is 6.27. The van der Waals surface area contributed by atoms with Gasteiger partial charge in [-0.1, -0.05) is 6.92 Å². The lowest BCUT2D eigenvalue weighted by atomic mass is 9.81. The number of hydrogen-bond donors (Lipinski definition) is 2. The molecule has 0 aromatic heterocycles. The van der Waals surface area contributed by atoms with E-state index in [9.17, 15) is 4.39 Å². The van der Waals surface area contributed by atoms with Crippen molar-refractivity contribution in [3.63, 3.8) is 0 Å². The maximum absolute atomic E-state index is 13.3. The second kappa shape index (κ2) is 5.36. The number of piperidine rings is 1. The summed E-state index contributed by atoms with van der Waals surface area (Å²) in [5, 5.41) is 15.4. The molecule has 2 N–H and O–H groups in total. The molecule has 1 fully saturated rings. The normalized spacial score (nSPS) is 18.1. The van der Waals surface area contributed by atoms with E-state index in [1.54, 1.807) is 6.07 Å². The van der Waals surface area contributed by atoms with Crippen LogP contribution in [0, 0.1) is 22.6 Å². The van der Waals surface area contributed by atoms with Gasteiger partial charge in [0.15, 0.2) is 0 Å². The summed E-state index contributed by atoms with van der Waals surface area (Å²) in [5.74, 6) is -0.369. The number of rotatable bonds is 3. The fourth-order valence-electron chi connectivity index (χ4n) is 2.28. The molecule has 1 aromatic rings. The molecule has 0 saturated carbocycles. The number of benzene rings is 1. The van der Waals surface area contributed by atoms with Gasteiger partial charge < -0.3 is 10.6 Å². The molecule has 18 heavy (non-hydrogen) atoms. The van der Waals surface area contributed by atoms with Gasteiger partial charge in [0.2, 0.25) is 0 Å². The van der Waals surface area contributed by atoms with Crippen LogP contribution in [0.2, 0.25) is 0 Å². The van der Waals surface area contributed by atoms with E-state index >= 15 is 0 Å². The number of anilines is 1. The fourth-order valence-corrected chi connectivity index (χ4v) is 2.28. The first-order chi connectivity index (χ1) is 8.61. The highest BCUT2D eigenvalue weighted by Gasteiger charge is 2.26. The SMILES string of the molecule is CC1(CNc2cc(F)cc(C#N)c2)CCNCC1. The van der Waals surface area contributed by atoms with E-state index in [2.05, 4.69) is 17.6 Å². The molecule has 0 amide bonds. The van der Waals surface area contributed by atoms with Crippen molar-refractivity contribution in [1.82, 2.24) is 5.32 Å². The summed E-state index contributed by atoms with van der Waals surface area (Å²) < 4.78 is 13.3. The summed E-state index contributed by atoms with van der Waals surface area (Å²) in [5.41, 5.74) is 1.28. The molecular weight excluding hydrogens is 229 g/mol. The van der Waals surface area contributed by atoms with Crippen molar-refractivity contribution in [2.75, 3.05) is 25.0 Å². The summed E-state index contributed by atoms with van der Waals surface area (Å²) in [6.45, 7) is 5.11. The molecule has 1 saturated heterocycles. The van der Waals surface area contributed by atoms with Crippen LogP contribution in [0.3, 0.4) is 0 Å². The lowest BCUT2D eigenvalue weighted by Gasteiger charge is -2.34. The molecule has 1 aliphatic heterocycles. The van der Waals surface area contributed by atoms with E-state index in [4.69, 9.17) is 5.26 Å². The van der Waals surface area contributed by atoms with Crippen molar-refractivity contribution < 1.29 is 4.39 Å². The minimum atomic E-state index is -0.369. The predicted molar refractivity (Wildman–Crippen MR) is 69.8 cm³/mol. The molecule has 3 nitrogen and oxygen atoms in total. The van der Waals surface area contributed by atoms with Crippen LogP contribution in [0.5, 0.6) is 0 Å². The quantitative estimate of drug-likeness (QED) is 0.862. The maximum Gasteiger partial charge on any atom is 0.126 e. The van der Waals surface area contributed by atoms with E-state index in [-0.39, 0.29) is 11.2 Å². The zero-order valence-corrected chi connectivity index (χ0v) is 10.6. The highest BCUT2D eigenvalue weighted by atomic mass is 19.1. The third-order valence-corrected chi connectivity index (χ3v) is 3.56. The molecule has 4 heteroatoms. The predicted octanol–water partition coefficient (Wildman–Crippen LogP) is 2.50. The molecule has 96 valence electrons. The third-order valence-electron chi connectivity index (χ3n) is 3.56. The van der Waals surface area contributed by atoms with Crippen LogP contribution < -0.4 is 10.6 Å². The van der Waals surface area contributed by atoms with Gasteiger partial charge in [0.25, 0.3) is 0 Å². The second-order valence-corrected chi connectivity index (χ2v) is 5.25. The van der Waals surface area contributed by atoms with Crippen molar-refractivity contribution in [2.45, 2.75) is 19.8 Å². The standard InChI is InChI=1S/C14H18FN3/c1-14(2-4-17-5-3-14)10-18-13-7-11(9-16)6-12(15)8-13/h6-8,17-18H,2-5,10H2,1H3. The molecule has 1 aromatic carbocycles. The first kappa shape index (κ1) is 12.8. The van der Waals surface area contributed by atoms with Crippen molar-refractivity contribution >= 4 is 5.69 Å². The van der Waals surface area contributed by atoms with Gasteiger partial charge in [-0.05, 0) is 49.5 Å². The summed E-state index contributed by atoms with van der Waals surface area (Å²) in [7, 11) is 0. The van der Waals surface area contributed by atoms with Gasteiger partial charge in [0.05, 0.1) is 11.6 Å². The summed E-state index contributed by atoms with van der Waals surface area (Å²) in [6.07, 6.45) is 2.22. The number of nitrogens with one attached hydrogen (secondary N) is 2. The van der Waals surface area contributed by atoms with Crippen molar-refractivity contribution in [3.8, 4) is 6.07 Å². The van der Waals surface area contributed by atoms with Gasteiger partial charge >= 0.3 is 0 Å². The topological polar surface area (TPSA) is 47.9 Å². The van der Waals surface area contributed by atoms with E-state index < -0.39 is 0 Å². The Balaban J connectivity index is 2.01. The number of halogens is 1. The molecule has 1 aliphatic rings. The molecule has 0 unspecified atom stereocenters. The molecule has 0 atom stereocenters. The average Bonchev–Trinajstić information content (AvgIpc) is 2.37. The Morgan fingerprint density at radius 3 is 2.78 bits per heavy atom. The maximum atomic E-state index is 13.3. The van der Waals surface area contributed by atoms with Gasteiger partial charge in [-0.3, -0.25) is 0 Å². The van der Waals surface area contributed by atoms with E-state index in [1.165, 1.54) is 12.1 Å². The summed E-state index contributed by atoms with van der Waals surface area (Å²) in [4.78, 5) is 0. The summed E-state index contributed by atoms with van der Waals surface area (Å²) >= 11 is 0. The number of nitrogens with zero attached hydrogens (tertiary/aromatic N) is 1. The molecule has 0 bridgehead atoms. The molecule has 2 rings (SSSR count). The molecule has 1 heterocycles. The Morgan fingerprint density at radius 1 is 1.39 bits per heavy atom. The lowest BCUT2D eigenvalue weighted by Crippen LogP contribution is -2.39. The van der Waals surface area contributed by atoms with Crippen LogP contribution in [-0.2, 0) is 0 Å². The second-order valence-electron chi connectivity index (χ2n) is 5.25.